The molecule has 4 amide bonds. The molecule has 1 fully saturated rings. The first-order valence-corrected chi connectivity index (χ1v) is 13.6. The average Bonchev–Trinajstić information content (AvgIpc) is 2.93. The Morgan fingerprint density at radius 3 is 2.40 bits per heavy atom. The van der Waals surface area contributed by atoms with Crippen molar-refractivity contribution in [2.45, 2.75) is 26.9 Å². The molecule has 40 heavy (non-hydrogen) atoms. The third-order valence-electron chi connectivity index (χ3n) is 5.93. The van der Waals surface area contributed by atoms with Crippen LogP contribution in [0.1, 0.15) is 30.5 Å². The van der Waals surface area contributed by atoms with Crippen LogP contribution < -0.4 is 24.4 Å². The molecule has 4 rings (SSSR count). The number of allylic oxidation sites excluding steroid dienone is 1. The zero-order valence-electron chi connectivity index (χ0n) is 22.2. The zero-order valence-corrected chi connectivity index (χ0v) is 23.8. The standard InChI is InChI=1S/C31H29BrN2O6/c1-4-10-22-15-21(17-25(32)28(22)40-19-20-11-8-7-9-12-20)16-24-29(35)33-31(37)34(30(24)36)26-18-23(38-5-2)13-14-27(26)39-6-3/h4,7-9,11-18H,1,5-6,10,19H2,2-3H3,(H,33,35,37)/b24-16+. The molecule has 0 unspecified atom stereocenters. The Labute approximate surface area is 241 Å². The molecule has 0 aromatic heterocycles. The van der Waals surface area contributed by atoms with Crippen molar-refractivity contribution >= 4 is 45.5 Å². The molecule has 9 heteroatoms. The third-order valence-corrected chi connectivity index (χ3v) is 6.52. The fraction of sp³-hybridized carbons (Fsp3) is 0.194. The van der Waals surface area contributed by atoms with E-state index in [0.717, 1.165) is 16.0 Å². The van der Waals surface area contributed by atoms with Gasteiger partial charge in [-0.05, 0) is 83.2 Å². The predicted molar refractivity (Wildman–Crippen MR) is 157 cm³/mol. The summed E-state index contributed by atoms with van der Waals surface area (Å²) in [4.78, 5) is 40.2. The Hall–Kier alpha value is -4.37. The van der Waals surface area contributed by atoms with Crippen LogP contribution in [0.25, 0.3) is 6.08 Å². The van der Waals surface area contributed by atoms with Crippen LogP contribution >= 0.6 is 15.9 Å². The van der Waals surface area contributed by atoms with Crippen LogP contribution in [-0.2, 0) is 22.6 Å². The second-order valence-electron chi connectivity index (χ2n) is 8.71. The number of benzene rings is 3. The number of urea groups is 1. The van der Waals surface area contributed by atoms with E-state index in [1.807, 2.05) is 43.3 Å². The lowest BCUT2D eigenvalue weighted by Gasteiger charge is -2.28. The number of ether oxygens (including phenoxy) is 3. The lowest BCUT2D eigenvalue weighted by Crippen LogP contribution is -2.54. The minimum Gasteiger partial charge on any atom is -0.494 e. The summed E-state index contributed by atoms with van der Waals surface area (Å²) >= 11 is 3.58. The minimum atomic E-state index is -0.875. The van der Waals surface area contributed by atoms with E-state index in [0.29, 0.717) is 53.5 Å². The number of imide groups is 2. The summed E-state index contributed by atoms with van der Waals surface area (Å²) in [5.74, 6) is -0.187. The number of nitrogens with one attached hydrogen (secondary N) is 1. The van der Waals surface area contributed by atoms with Crippen molar-refractivity contribution in [3.8, 4) is 17.2 Å². The number of carbonyl (C=O) groups excluding carboxylic acids is 3. The molecule has 3 aromatic rings. The number of hydrogen-bond acceptors (Lipinski definition) is 6. The van der Waals surface area contributed by atoms with E-state index in [9.17, 15) is 14.4 Å². The zero-order chi connectivity index (χ0) is 28.6. The van der Waals surface area contributed by atoms with Gasteiger partial charge in [0.05, 0.1) is 23.4 Å². The number of anilines is 1. The quantitative estimate of drug-likeness (QED) is 0.159. The number of barbiturate groups is 1. The van der Waals surface area contributed by atoms with Crippen LogP contribution in [0.4, 0.5) is 10.5 Å². The van der Waals surface area contributed by atoms with Gasteiger partial charge in [0, 0.05) is 6.07 Å². The molecular weight excluding hydrogens is 576 g/mol. The van der Waals surface area contributed by atoms with Gasteiger partial charge in [-0.1, -0.05) is 36.4 Å². The maximum Gasteiger partial charge on any atom is 0.336 e. The number of rotatable bonds is 11. The molecule has 3 aromatic carbocycles. The van der Waals surface area contributed by atoms with Crippen LogP contribution in [0, 0.1) is 0 Å². The van der Waals surface area contributed by atoms with Gasteiger partial charge in [0.2, 0.25) is 0 Å². The highest BCUT2D eigenvalue weighted by Gasteiger charge is 2.38. The van der Waals surface area contributed by atoms with E-state index in [1.54, 1.807) is 31.2 Å². The van der Waals surface area contributed by atoms with Crippen molar-refractivity contribution in [2.75, 3.05) is 18.1 Å². The van der Waals surface area contributed by atoms with Crippen molar-refractivity contribution in [3.63, 3.8) is 0 Å². The van der Waals surface area contributed by atoms with Crippen molar-refractivity contribution in [3.05, 3.63) is 100 Å². The lowest BCUT2D eigenvalue weighted by atomic mass is 10.0. The fourth-order valence-corrected chi connectivity index (χ4v) is 4.84. The second kappa shape index (κ2) is 13.1. The fourth-order valence-electron chi connectivity index (χ4n) is 4.20. The number of nitrogens with zero attached hydrogens (tertiary/aromatic N) is 1. The van der Waals surface area contributed by atoms with E-state index in [2.05, 4.69) is 27.8 Å². The molecule has 1 saturated heterocycles. The van der Waals surface area contributed by atoms with E-state index >= 15 is 0 Å². The molecule has 206 valence electrons. The monoisotopic (exact) mass is 604 g/mol. The number of carbonyl (C=O) groups is 3. The highest BCUT2D eigenvalue weighted by Crippen LogP contribution is 2.36. The number of hydrogen-bond donors (Lipinski definition) is 1. The van der Waals surface area contributed by atoms with Gasteiger partial charge in [0.25, 0.3) is 11.8 Å². The molecule has 0 saturated carbocycles. The summed E-state index contributed by atoms with van der Waals surface area (Å²) in [5.41, 5.74) is 2.35. The molecule has 0 radical (unpaired) electrons. The van der Waals surface area contributed by atoms with E-state index in [-0.39, 0.29) is 11.3 Å². The molecule has 0 bridgehead atoms. The lowest BCUT2D eigenvalue weighted by molar-refractivity contribution is -0.122. The topological polar surface area (TPSA) is 94.2 Å². The Balaban J connectivity index is 1.71. The van der Waals surface area contributed by atoms with Crippen LogP contribution in [0.5, 0.6) is 17.2 Å². The van der Waals surface area contributed by atoms with Gasteiger partial charge >= 0.3 is 6.03 Å². The van der Waals surface area contributed by atoms with E-state index in [1.165, 1.54) is 12.1 Å². The van der Waals surface area contributed by atoms with Gasteiger partial charge in [0.15, 0.2) is 0 Å². The normalized spacial score (nSPS) is 14.2. The Morgan fingerprint density at radius 2 is 1.70 bits per heavy atom. The summed E-state index contributed by atoms with van der Waals surface area (Å²) in [6.07, 6.45) is 3.68. The molecule has 0 aliphatic carbocycles. The number of amides is 4. The van der Waals surface area contributed by atoms with Crippen LogP contribution in [0.2, 0.25) is 0 Å². The van der Waals surface area contributed by atoms with Gasteiger partial charge in [-0.25, -0.2) is 9.69 Å². The maximum absolute atomic E-state index is 13.6. The smallest absolute Gasteiger partial charge is 0.336 e. The van der Waals surface area contributed by atoms with Crippen LogP contribution in [0.3, 0.4) is 0 Å². The Morgan fingerprint density at radius 1 is 0.950 bits per heavy atom. The molecule has 1 aliphatic rings. The van der Waals surface area contributed by atoms with Gasteiger partial charge in [-0.15, -0.1) is 6.58 Å². The maximum atomic E-state index is 13.6. The van der Waals surface area contributed by atoms with E-state index < -0.39 is 17.8 Å². The first-order chi connectivity index (χ1) is 19.4. The Kier molecular flexibility index (Phi) is 9.39. The predicted octanol–water partition coefficient (Wildman–Crippen LogP) is 6.22. The molecular formula is C31H29BrN2O6. The Bertz CT molecular complexity index is 1470. The third kappa shape index (κ3) is 6.43. The highest BCUT2D eigenvalue weighted by atomic mass is 79.9. The van der Waals surface area contributed by atoms with Gasteiger partial charge in [0.1, 0.15) is 29.4 Å². The second-order valence-corrected chi connectivity index (χ2v) is 9.57. The minimum absolute atomic E-state index is 0.173. The van der Waals surface area contributed by atoms with Crippen molar-refractivity contribution in [1.29, 1.82) is 0 Å². The van der Waals surface area contributed by atoms with Crippen LogP contribution in [-0.4, -0.2) is 31.1 Å². The van der Waals surface area contributed by atoms with Gasteiger partial charge < -0.3 is 14.2 Å². The van der Waals surface area contributed by atoms with E-state index in [4.69, 9.17) is 14.2 Å². The van der Waals surface area contributed by atoms with Crippen molar-refractivity contribution in [2.24, 2.45) is 0 Å². The van der Waals surface area contributed by atoms with Crippen LogP contribution in [0.15, 0.2) is 83.4 Å². The SMILES string of the molecule is C=CCc1cc(/C=C2\C(=O)NC(=O)N(c3cc(OCC)ccc3OCC)C2=O)cc(Br)c1OCc1ccccc1. The molecule has 8 nitrogen and oxygen atoms in total. The number of halogens is 1. The average molecular weight is 605 g/mol. The van der Waals surface area contributed by atoms with Crippen molar-refractivity contribution < 1.29 is 28.6 Å². The summed E-state index contributed by atoms with van der Waals surface area (Å²) in [6, 6.07) is 17.3. The molecule has 1 N–H and O–H groups in total. The summed E-state index contributed by atoms with van der Waals surface area (Å²) in [6.45, 7) is 8.52. The summed E-state index contributed by atoms with van der Waals surface area (Å²) in [5, 5.41) is 2.26. The first kappa shape index (κ1) is 28.6. The molecule has 0 spiro atoms. The largest absolute Gasteiger partial charge is 0.494 e. The highest BCUT2D eigenvalue weighted by molar-refractivity contribution is 9.10. The molecule has 1 heterocycles. The first-order valence-electron chi connectivity index (χ1n) is 12.8. The van der Waals surface area contributed by atoms with Gasteiger partial charge in [-0.3, -0.25) is 14.9 Å². The summed E-state index contributed by atoms with van der Waals surface area (Å²) in [7, 11) is 0. The van der Waals surface area contributed by atoms with Crippen molar-refractivity contribution in [1.82, 2.24) is 5.32 Å². The summed E-state index contributed by atoms with van der Waals surface area (Å²) < 4.78 is 18.0. The molecule has 1 aliphatic heterocycles. The van der Waals surface area contributed by atoms with Gasteiger partial charge in [-0.2, -0.15) is 0 Å². The molecule has 0 atom stereocenters.